The quantitative estimate of drug-likeness (QED) is 0.930. The highest BCUT2D eigenvalue weighted by Crippen LogP contribution is 2.52. The van der Waals surface area contributed by atoms with E-state index in [2.05, 4.69) is 0 Å². The van der Waals surface area contributed by atoms with Crippen molar-refractivity contribution >= 4 is 11.9 Å². The third kappa shape index (κ3) is 1.92. The molecule has 3 aliphatic heterocycles. The van der Waals surface area contributed by atoms with Gasteiger partial charge < -0.3 is 14.7 Å². The van der Waals surface area contributed by atoms with E-state index in [-0.39, 0.29) is 18.0 Å². The molecule has 5 nitrogen and oxygen atoms in total. The fraction of sp³-hybridized carbons (Fsp3) is 0.556. The average Bonchev–Trinajstić information content (AvgIpc) is 3.25. The lowest BCUT2D eigenvalue weighted by atomic mass is 9.72. The third-order valence-corrected chi connectivity index (χ3v) is 5.97. The van der Waals surface area contributed by atoms with Crippen LogP contribution in [0.3, 0.4) is 0 Å². The number of nitrogens with zero attached hydrogens (tertiary/aromatic N) is 1. The summed E-state index contributed by atoms with van der Waals surface area (Å²) in [5.41, 5.74) is 0.962. The van der Waals surface area contributed by atoms with Crippen molar-refractivity contribution in [2.45, 2.75) is 51.1 Å². The van der Waals surface area contributed by atoms with Crippen molar-refractivity contribution in [2.24, 2.45) is 5.41 Å². The van der Waals surface area contributed by atoms with Crippen molar-refractivity contribution in [3.8, 4) is 5.75 Å². The van der Waals surface area contributed by atoms with E-state index in [0.29, 0.717) is 25.0 Å². The van der Waals surface area contributed by atoms with Gasteiger partial charge in [-0.15, -0.1) is 0 Å². The summed E-state index contributed by atoms with van der Waals surface area (Å²) in [6.45, 7) is 2.59. The van der Waals surface area contributed by atoms with Crippen LogP contribution in [-0.4, -0.2) is 40.6 Å². The molecule has 3 aliphatic rings. The number of aliphatic carboxylic acids is 1. The molecular formula is C18H21NO4. The van der Waals surface area contributed by atoms with Crippen molar-refractivity contribution in [1.82, 2.24) is 4.90 Å². The molecule has 2 saturated heterocycles. The van der Waals surface area contributed by atoms with Crippen LogP contribution in [0.2, 0.25) is 0 Å². The highest BCUT2D eigenvalue weighted by Gasteiger charge is 2.60. The van der Waals surface area contributed by atoms with Crippen LogP contribution in [0.4, 0.5) is 0 Å². The van der Waals surface area contributed by atoms with E-state index >= 15 is 0 Å². The van der Waals surface area contributed by atoms with Crippen LogP contribution >= 0.6 is 0 Å². The first-order valence-electron chi connectivity index (χ1n) is 8.38. The monoisotopic (exact) mass is 315 g/mol. The summed E-state index contributed by atoms with van der Waals surface area (Å²) in [4.78, 5) is 26.7. The normalized spacial score (nSPS) is 31.1. The summed E-state index contributed by atoms with van der Waals surface area (Å²) >= 11 is 0. The summed E-state index contributed by atoms with van der Waals surface area (Å²) in [6.07, 6.45) is 3.70. The Kier molecular flexibility index (Phi) is 3.15. The van der Waals surface area contributed by atoms with Crippen LogP contribution in [0.1, 0.15) is 48.5 Å². The second-order valence-corrected chi connectivity index (χ2v) is 6.90. The predicted molar refractivity (Wildman–Crippen MR) is 83.6 cm³/mol. The lowest BCUT2D eigenvalue weighted by Crippen LogP contribution is -2.44. The molecule has 5 heteroatoms. The number of ether oxygens (including phenoxy) is 1. The highest BCUT2D eigenvalue weighted by atomic mass is 16.5. The molecule has 1 N–H and O–H groups in total. The minimum Gasteiger partial charge on any atom is -0.493 e. The first-order valence-corrected chi connectivity index (χ1v) is 8.38. The van der Waals surface area contributed by atoms with Crippen LogP contribution in [0.25, 0.3) is 0 Å². The molecule has 2 fully saturated rings. The Morgan fingerprint density at radius 1 is 1.39 bits per heavy atom. The number of carbonyl (C=O) groups excluding carboxylic acids is 1. The molecule has 122 valence electrons. The van der Waals surface area contributed by atoms with Gasteiger partial charge in [-0.05, 0) is 49.4 Å². The molecule has 1 amide bonds. The number of hydrogen-bond donors (Lipinski definition) is 1. The van der Waals surface area contributed by atoms with Crippen molar-refractivity contribution < 1.29 is 19.4 Å². The summed E-state index contributed by atoms with van der Waals surface area (Å²) in [5.74, 6) is 0.0792. The van der Waals surface area contributed by atoms with E-state index in [1.54, 1.807) is 6.07 Å². The summed E-state index contributed by atoms with van der Waals surface area (Å²) < 4.78 is 5.49. The van der Waals surface area contributed by atoms with E-state index in [9.17, 15) is 14.7 Å². The Labute approximate surface area is 135 Å². The number of benzene rings is 1. The van der Waals surface area contributed by atoms with Gasteiger partial charge in [0.2, 0.25) is 0 Å². The fourth-order valence-corrected chi connectivity index (χ4v) is 4.72. The van der Waals surface area contributed by atoms with Gasteiger partial charge in [0, 0.05) is 24.1 Å². The van der Waals surface area contributed by atoms with E-state index in [4.69, 9.17) is 4.74 Å². The summed E-state index contributed by atoms with van der Waals surface area (Å²) in [5, 5.41) is 9.73. The smallest absolute Gasteiger partial charge is 0.311 e. The van der Waals surface area contributed by atoms with Crippen molar-refractivity contribution in [1.29, 1.82) is 0 Å². The lowest BCUT2D eigenvalue weighted by Gasteiger charge is -2.32. The van der Waals surface area contributed by atoms with Gasteiger partial charge in [0.15, 0.2) is 0 Å². The topological polar surface area (TPSA) is 66.8 Å². The summed E-state index contributed by atoms with van der Waals surface area (Å²) in [6, 6.07) is 5.47. The molecule has 0 aliphatic carbocycles. The Balaban J connectivity index is 1.66. The number of carboxylic acids is 1. The molecule has 3 heterocycles. The largest absolute Gasteiger partial charge is 0.493 e. The predicted octanol–water partition coefficient (Wildman–Crippen LogP) is 2.48. The lowest BCUT2D eigenvalue weighted by molar-refractivity contribution is -0.151. The molecule has 0 aromatic heterocycles. The van der Waals surface area contributed by atoms with E-state index in [0.717, 1.165) is 30.6 Å². The van der Waals surface area contributed by atoms with Crippen molar-refractivity contribution in [3.05, 3.63) is 29.3 Å². The highest BCUT2D eigenvalue weighted by molar-refractivity contribution is 5.96. The zero-order chi connectivity index (χ0) is 16.2. The molecule has 0 unspecified atom stereocenters. The van der Waals surface area contributed by atoms with Crippen molar-refractivity contribution in [2.75, 3.05) is 6.61 Å². The Hall–Kier alpha value is -2.04. The van der Waals surface area contributed by atoms with Gasteiger partial charge in [0.05, 0.1) is 12.0 Å². The van der Waals surface area contributed by atoms with E-state index < -0.39 is 11.4 Å². The number of carboxylic acid groups (broad SMARTS) is 1. The molecule has 0 radical (unpaired) electrons. The van der Waals surface area contributed by atoms with Crippen LogP contribution in [0.5, 0.6) is 5.75 Å². The molecule has 1 aromatic carbocycles. The fourth-order valence-electron chi connectivity index (χ4n) is 4.72. The van der Waals surface area contributed by atoms with E-state index in [1.807, 2.05) is 24.0 Å². The molecule has 1 aromatic rings. The number of carbonyl (C=O) groups is 2. The molecule has 23 heavy (non-hydrogen) atoms. The van der Waals surface area contributed by atoms with Gasteiger partial charge in [-0.3, -0.25) is 9.59 Å². The number of rotatable bonds is 3. The Morgan fingerprint density at radius 2 is 2.22 bits per heavy atom. The van der Waals surface area contributed by atoms with Gasteiger partial charge in [0.1, 0.15) is 5.75 Å². The molecule has 0 spiro atoms. The second kappa shape index (κ2) is 4.98. The molecule has 4 rings (SSSR count). The Bertz CT molecular complexity index is 686. The van der Waals surface area contributed by atoms with Crippen LogP contribution in [-0.2, 0) is 11.2 Å². The van der Waals surface area contributed by atoms with Gasteiger partial charge in [0.25, 0.3) is 5.91 Å². The zero-order valence-corrected chi connectivity index (χ0v) is 13.2. The maximum absolute atomic E-state index is 13.0. The maximum Gasteiger partial charge on any atom is 0.311 e. The Morgan fingerprint density at radius 3 is 2.91 bits per heavy atom. The first kappa shape index (κ1) is 14.5. The van der Waals surface area contributed by atoms with Gasteiger partial charge in [-0.1, -0.05) is 6.92 Å². The SMILES string of the molecule is CC[C@@]1(C(=O)O)C[C@@H]2CC[C@H]1N2C(=O)c1ccc2c(c1)CCO2. The second-order valence-electron chi connectivity index (χ2n) is 6.90. The average molecular weight is 315 g/mol. The van der Waals surface area contributed by atoms with Crippen LogP contribution in [0, 0.1) is 5.41 Å². The number of amides is 1. The van der Waals surface area contributed by atoms with E-state index in [1.165, 1.54) is 0 Å². The van der Waals surface area contributed by atoms with Gasteiger partial charge in [-0.25, -0.2) is 0 Å². The molecule has 3 atom stereocenters. The molecule has 0 saturated carbocycles. The zero-order valence-electron chi connectivity index (χ0n) is 13.2. The molecular weight excluding hydrogens is 294 g/mol. The minimum absolute atomic E-state index is 0.0243. The third-order valence-electron chi connectivity index (χ3n) is 5.97. The number of fused-ring (bicyclic) bond motifs is 3. The molecule has 2 bridgehead atoms. The first-order chi connectivity index (χ1) is 11.1. The van der Waals surface area contributed by atoms with Gasteiger partial charge in [-0.2, -0.15) is 0 Å². The maximum atomic E-state index is 13.0. The minimum atomic E-state index is -0.765. The van der Waals surface area contributed by atoms with Crippen LogP contribution < -0.4 is 4.74 Å². The van der Waals surface area contributed by atoms with Crippen molar-refractivity contribution in [3.63, 3.8) is 0 Å². The number of hydrogen-bond acceptors (Lipinski definition) is 3. The summed E-state index contributed by atoms with van der Waals surface area (Å²) in [7, 11) is 0. The standard InChI is InChI=1S/C18H21NO4/c1-2-18(17(21)22)10-13-4-6-15(18)19(13)16(20)12-3-5-14-11(9-12)7-8-23-14/h3,5,9,13,15H,2,4,6-8,10H2,1H3,(H,21,22)/t13-,15+,18+/m0/s1. The van der Waals surface area contributed by atoms with Gasteiger partial charge >= 0.3 is 5.97 Å². The van der Waals surface area contributed by atoms with Crippen LogP contribution in [0.15, 0.2) is 18.2 Å².